The Kier molecular flexibility index (Phi) is 1.86. The molecule has 80 valence electrons. The van der Waals surface area contributed by atoms with Crippen molar-refractivity contribution in [2.75, 3.05) is 0 Å². The molecule has 15 heavy (non-hydrogen) atoms. The summed E-state index contributed by atoms with van der Waals surface area (Å²) in [5, 5.41) is 9.19. The third-order valence-electron chi connectivity index (χ3n) is 2.24. The van der Waals surface area contributed by atoms with Crippen molar-refractivity contribution >= 4 is 11.0 Å². The van der Waals surface area contributed by atoms with E-state index in [1.54, 1.807) is 6.07 Å². The number of hydrogen-bond donors (Lipinski definition) is 2. The molecule has 2 rings (SSSR count). The highest BCUT2D eigenvalue weighted by atomic mass is 16.5. The van der Waals surface area contributed by atoms with E-state index in [-0.39, 0.29) is 5.41 Å². The Hall–Kier alpha value is -1.78. The van der Waals surface area contributed by atoms with Gasteiger partial charge in [-0.3, -0.25) is 4.79 Å². The van der Waals surface area contributed by atoms with Gasteiger partial charge in [0.2, 0.25) is 0 Å². The third-order valence-corrected chi connectivity index (χ3v) is 2.24. The van der Waals surface area contributed by atoms with Crippen molar-refractivity contribution < 1.29 is 5.21 Å². The van der Waals surface area contributed by atoms with E-state index in [4.69, 9.17) is 0 Å². The Bertz CT molecular complexity index is 560. The van der Waals surface area contributed by atoms with Gasteiger partial charge in [0.15, 0.2) is 0 Å². The average Bonchev–Trinajstić information content (AvgIpc) is 2.55. The maximum absolute atomic E-state index is 11.5. The highest BCUT2D eigenvalue weighted by Gasteiger charge is 2.19. The maximum Gasteiger partial charge on any atom is 0.308 e. The second kappa shape index (κ2) is 2.85. The predicted molar refractivity (Wildman–Crippen MR) is 56.2 cm³/mol. The van der Waals surface area contributed by atoms with E-state index in [0.29, 0.717) is 15.8 Å². The minimum absolute atomic E-state index is 0.147. The standard InChI is InChI=1S/C10H13N3O2/c1-10(2,3)9-11-6-4-5-13(15)8(14)7(6)12-9/h4-5,15H,1-3H3,(H,11,12). The first-order chi connectivity index (χ1) is 6.89. The molecule has 2 N–H and O–H groups in total. The molecule has 0 saturated heterocycles. The summed E-state index contributed by atoms with van der Waals surface area (Å²) in [5.41, 5.74) is 0.293. The van der Waals surface area contributed by atoms with Gasteiger partial charge in [-0.1, -0.05) is 20.8 Å². The minimum atomic E-state index is -0.476. The van der Waals surface area contributed by atoms with Crippen molar-refractivity contribution in [3.63, 3.8) is 0 Å². The first-order valence-corrected chi connectivity index (χ1v) is 4.71. The lowest BCUT2D eigenvalue weighted by Gasteiger charge is -2.13. The molecule has 2 aromatic heterocycles. The summed E-state index contributed by atoms with van der Waals surface area (Å²) in [4.78, 5) is 18.8. The molecule has 0 aliphatic carbocycles. The topological polar surface area (TPSA) is 70.9 Å². The number of nitrogens with zero attached hydrogens (tertiary/aromatic N) is 2. The van der Waals surface area contributed by atoms with Gasteiger partial charge in [-0.15, -0.1) is 0 Å². The average molecular weight is 207 g/mol. The van der Waals surface area contributed by atoms with Crippen LogP contribution in [-0.4, -0.2) is 19.9 Å². The minimum Gasteiger partial charge on any atom is -0.425 e. The van der Waals surface area contributed by atoms with Crippen LogP contribution in [0.25, 0.3) is 11.0 Å². The summed E-state index contributed by atoms with van der Waals surface area (Å²) >= 11 is 0. The van der Waals surface area contributed by atoms with Crippen molar-refractivity contribution in [2.45, 2.75) is 26.2 Å². The van der Waals surface area contributed by atoms with Crippen LogP contribution in [0, 0.1) is 0 Å². The summed E-state index contributed by atoms with van der Waals surface area (Å²) in [6, 6.07) is 1.60. The van der Waals surface area contributed by atoms with E-state index in [0.717, 1.165) is 5.82 Å². The summed E-state index contributed by atoms with van der Waals surface area (Å²) in [5.74, 6) is 0.737. The normalized spacial score (nSPS) is 12.2. The zero-order valence-corrected chi connectivity index (χ0v) is 8.90. The lowest BCUT2D eigenvalue weighted by Crippen LogP contribution is -2.17. The van der Waals surface area contributed by atoms with E-state index in [1.807, 2.05) is 20.8 Å². The monoisotopic (exact) mass is 207 g/mol. The van der Waals surface area contributed by atoms with Crippen LogP contribution < -0.4 is 5.56 Å². The number of aromatic nitrogens is 3. The van der Waals surface area contributed by atoms with Crippen molar-refractivity contribution in [1.29, 1.82) is 0 Å². The molecule has 5 nitrogen and oxygen atoms in total. The van der Waals surface area contributed by atoms with Crippen LogP contribution >= 0.6 is 0 Å². The van der Waals surface area contributed by atoms with Crippen LogP contribution in [0.15, 0.2) is 17.1 Å². The van der Waals surface area contributed by atoms with Crippen molar-refractivity contribution in [3.8, 4) is 0 Å². The zero-order valence-electron chi connectivity index (χ0n) is 8.90. The van der Waals surface area contributed by atoms with Gasteiger partial charge in [0, 0.05) is 11.6 Å². The molecule has 0 aromatic carbocycles. The SMILES string of the molecule is CC(C)(C)c1nc2ccn(O)c(=O)c2[nH]1. The molecule has 0 spiro atoms. The fraction of sp³-hybridized carbons (Fsp3) is 0.400. The highest BCUT2D eigenvalue weighted by Crippen LogP contribution is 2.20. The van der Waals surface area contributed by atoms with Crippen LogP contribution in [0.1, 0.15) is 26.6 Å². The maximum atomic E-state index is 11.5. The number of fused-ring (bicyclic) bond motifs is 1. The van der Waals surface area contributed by atoms with E-state index in [2.05, 4.69) is 9.97 Å². The van der Waals surface area contributed by atoms with E-state index in [1.165, 1.54) is 6.20 Å². The van der Waals surface area contributed by atoms with Gasteiger partial charge in [0.25, 0.3) is 0 Å². The lowest BCUT2D eigenvalue weighted by atomic mass is 9.96. The number of H-pyrrole nitrogens is 1. The van der Waals surface area contributed by atoms with Crippen molar-refractivity contribution in [2.24, 2.45) is 0 Å². The summed E-state index contributed by atoms with van der Waals surface area (Å²) in [6.07, 6.45) is 1.29. The number of hydrogen-bond acceptors (Lipinski definition) is 3. The molecule has 0 radical (unpaired) electrons. The molecule has 0 saturated carbocycles. The van der Waals surface area contributed by atoms with E-state index in [9.17, 15) is 10.0 Å². The Morgan fingerprint density at radius 3 is 2.73 bits per heavy atom. The van der Waals surface area contributed by atoms with Crippen LogP contribution in [0.2, 0.25) is 0 Å². The molecule has 0 bridgehead atoms. The quantitative estimate of drug-likeness (QED) is 0.639. The van der Waals surface area contributed by atoms with Crippen LogP contribution in [0.4, 0.5) is 0 Å². The Labute approximate surface area is 86.3 Å². The number of imidazole rings is 1. The van der Waals surface area contributed by atoms with Crippen LogP contribution in [0.3, 0.4) is 0 Å². The molecule has 0 aliphatic rings. The number of rotatable bonds is 0. The number of nitrogens with one attached hydrogen (secondary N) is 1. The molecule has 0 unspecified atom stereocenters. The molecule has 0 fully saturated rings. The van der Waals surface area contributed by atoms with E-state index < -0.39 is 5.56 Å². The van der Waals surface area contributed by atoms with Crippen LogP contribution in [-0.2, 0) is 5.41 Å². The summed E-state index contributed by atoms with van der Waals surface area (Å²) in [6.45, 7) is 6.01. The van der Waals surface area contributed by atoms with Crippen molar-refractivity contribution in [3.05, 3.63) is 28.4 Å². The Balaban J connectivity index is 2.78. The first kappa shape index (κ1) is 9.76. The Morgan fingerprint density at radius 2 is 2.13 bits per heavy atom. The zero-order chi connectivity index (χ0) is 11.2. The van der Waals surface area contributed by atoms with Gasteiger partial charge in [-0.2, -0.15) is 4.73 Å². The Morgan fingerprint density at radius 1 is 1.47 bits per heavy atom. The molecular weight excluding hydrogens is 194 g/mol. The summed E-state index contributed by atoms with van der Waals surface area (Å²) < 4.78 is 0.549. The van der Waals surface area contributed by atoms with Gasteiger partial charge < -0.3 is 10.2 Å². The lowest BCUT2D eigenvalue weighted by molar-refractivity contribution is 0.176. The largest absolute Gasteiger partial charge is 0.425 e. The second-order valence-corrected chi connectivity index (χ2v) is 4.56. The van der Waals surface area contributed by atoms with E-state index >= 15 is 0 Å². The first-order valence-electron chi connectivity index (χ1n) is 4.71. The fourth-order valence-corrected chi connectivity index (χ4v) is 1.35. The molecule has 0 aliphatic heterocycles. The molecule has 2 aromatic rings. The third kappa shape index (κ3) is 1.49. The van der Waals surface area contributed by atoms with Crippen LogP contribution in [0.5, 0.6) is 0 Å². The number of aromatic amines is 1. The molecule has 0 atom stereocenters. The predicted octanol–water partition coefficient (Wildman–Crippen LogP) is 1.26. The van der Waals surface area contributed by atoms with Gasteiger partial charge >= 0.3 is 5.56 Å². The molecule has 0 amide bonds. The number of pyridine rings is 1. The molecule has 2 heterocycles. The summed E-state index contributed by atoms with van der Waals surface area (Å²) in [7, 11) is 0. The fourth-order valence-electron chi connectivity index (χ4n) is 1.35. The van der Waals surface area contributed by atoms with Gasteiger partial charge in [-0.25, -0.2) is 4.98 Å². The van der Waals surface area contributed by atoms with Gasteiger partial charge in [0.1, 0.15) is 11.3 Å². The highest BCUT2D eigenvalue weighted by molar-refractivity contribution is 5.73. The molecular formula is C10H13N3O2. The van der Waals surface area contributed by atoms with Gasteiger partial charge in [-0.05, 0) is 6.07 Å². The smallest absolute Gasteiger partial charge is 0.308 e. The van der Waals surface area contributed by atoms with Crippen molar-refractivity contribution in [1.82, 2.24) is 14.7 Å². The van der Waals surface area contributed by atoms with Gasteiger partial charge in [0.05, 0.1) is 5.52 Å². The second-order valence-electron chi connectivity index (χ2n) is 4.56. The molecule has 5 heteroatoms.